The molecule has 1 aromatic heterocycles. The summed E-state index contributed by atoms with van der Waals surface area (Å²) in [6.45, 7) is 3.13. The van der Waals surface area contributed by atoms with Gasteiger partial charge >= 0.3 is 0 Å². The van der Waals surface area contributed by atoms with Crippen LogP contribution in [0.15, 0.2) is 67.1 Å². The Morgan fingerprint density at radius 1 is 1.12 bits per heavy atom. The van der Waals surface area contributed by atoms with Crippen molar-refractivity contribution in [3.05, 3.63) is 78.4 Å². The van der Waals surface area contributed by atoms with E-state index in [1.807, 2.05) is 66.1 Å². The minimum atomic E-state index is -0.0420. The largest absolute Gasteiger partial charge is 0.497 e. The van der Waals surface area contributed by atoms with E-state index in [4.69, 9.17) is 4.74 Å². The summed E-state index contributed by atoms with van der Waals surface area (Å²) >= 11 is 0. The summed E-state index contributed by atoms with van der Waals surface area (Å²) in [7, 11) is 1.64. The summed E-state index contributed by atoms with van der Waals surface area (Å²) in [6, 6.07) is 17.5. The second kappa shape index (κ2) is 7.66. The van der Waals surface area contributed by atoms with Gasteiger partial charge in [0, 0.05) is 18.8 Å². The number of carbonyl (C=O) groups is 1. The number of nitrogens with zero attached hydrogens (tertiary/aromatic N) is 3. The smallest absolute Gasteiger partial charge is 0.272 e. The predicted octanol–water partition coefficient (Wildman–Crippen LogP) is 3.54. The molecule has 0 saturated carbocycles. The molecule has 0 unspecified atom stereocenters. The van der Waals surface area contributed by atoms with E-state index in [9.17, 15) is 4.79 Å². The minimum Gasteiger partial charge on any atom is -0.497 e. The van der Waals surface area contributed by atoms with Gasteiger partial charge in [-0.1, -0.05) is 30.3 Å². The second-order valence-electron chi connectivity index (χ2n) is 5.65. The summed E-state index contributed by atoms with van der Waals surface area (Å²) in [5, 5.41) is 0. The van der Waals surface area contributed by atoms with Crippen molar-refractivity contribution < 1.29 is 9.53 Å². The highest BCUT2D eigenvalue weighted by Crippen LogP contribution is 2.16. The van der Waals surface area contributed by atoms with E-state index in [1.54, 1.807) is 24.5 Å². The van der Waals surface area contributed by atoms with Crippen LogP contribution < -0.4 is 4.74 Å². The van der Waals surface area contributed by atoms with Crippen LogP contribution in [0.4, 0.5) is 0 Å². The second-order valence-corrected chi connectivity index (χ2v) is 5.65. The summed E-state index contributed by atoms with van der Waals surface area (Å²) in [5.41, 5.74) is 2.53. The first-order valence-electron chi connectivity index (χ1n) is 8.23. The highest BCUT2D eigenvalue weighted by molar-refractivity contribution is 5.93. The van der Waals surface area contributed by atoms with Gasteiger partial charge in [-0.15, -0.1) is 0 Å². The summed E-state index contributed by atoms with van der Waals surface area (Å²) in [6.07, 6.45) is 3.29. The number of amides is 1. The Morgan fingerprint density at radius 2 is 1.84 bits per heavy atom. The third-order valence-electron chi connectivity index (χ3n) is 4.09. The summed E-state index contributed by atoms with van der Waals surface area (Å²) < 4.78 is 7.00. The number of rotatable bonds is 6. The third kappa shape index (κ3) is 3.71. The fraction of sp³-hybridized carbons (Fsp3) is 0.200. The Morgan fingerprint density at radius 3 is 2.48 bits per heavy atom. The molecule has 5 heteroatoms. The van der Waals surface area contributed by atoms with Crippen LogP contribution in [0, 0.1) is 0 Å². The Labute approximate surface area is 147 Å². The molecule has 3 aromatic rings. The minimum absolute atomic E-state index is 0.0420. The quantitative estimate of drug-likeness (QED) is 0.692. The lowest BCUT2D eigenvalue weighted by Crippen LogP contribution is -2.31. The van der Waals surface area contributed by atoms with Gasteiger partial charge in [0.15, 0.2) is 0 Å². The average Bonchev–Trinajstić information content (AvgIpc) is 3.16. The standard InChI is InChI=1S/C20H21N3O2/c1-3-22(14-16-9-11-18(25-2)12-10-16)20(24)19-13-21-15-23(19)17-7-5-4-6-8-17/h4-13,15H,3,14H2,1-2H3. The van der Waals surface area contributed by atoms with Gasteiger partial charge < -0.3 is 9.64 Å². The zero-order valence-electron chi connectivity index (χ0n) is 14.4. The monoisotopic (exact) mass is 335 g/mol. The number of methoxy groups -OCH3 is 1. The molecule has 0 aliphatic rings. The van der Waals surface area contributed by atoms with E-state index in [2.05, 4.69) is 4.98 Å². The van der Waals surface area contributed by atoms with Gasteiger partial charge in [-0.2, -0.15) is 0 Å². The van der Waals surface area contributed by atoms with E-state index >= 15 is 0 Å². The lowest BCUT2D eigenvalue weighted by atomic mass is 10.2. The van der Waals surface area contributed by atoms with Gasteiger partial charge in [0.05, 0.1) is 19.6 Å². The van der Waals surface area contributed by atoms with Crippen molar-refractivity contribution >= 4 is 5.91 Å². The molecule has 0 radical (unpaired) electrons. The van der Waals surface area contributed by atoms with Crippen LogP contribution in [-0.2, 0) is 6.54 Å². The molecule has 1 heterocycles. The number of ether oxygens (including phenoxy) is 1. The predicted molar refractivity (Wildman–Crippen MR) is 97.0 cm³/mol. The zero-order valence-corrected chi connectivity index (χ0v) is 14.4. The number of imidazole rings is 1. The van der Waals surface area contributed by atoms with Crippen LogP contribution in [0.2, 0.25) is 0 Å². The molecule has 3 rings (SSSR count). The molecule has 0 saturated heterocycles. The Bertz CT molecular complexity index is 826. The number of hydrogen-bond donors (Lipinski definition) is 0. The first kappa shape index (κ1) is 16.8. The average molecular weight is 335 g/mol. The Kier molecular flexibility index (Phi) is 5.14. The van der Waals surface area contributed by atoms with Gasteiger partial charge in [-0.25, -0.2) is 4.98 Å². The lowest BCUT2D eigenvalue weighted by Gasteiger charge is -2.21. The fourth-order valence-corrected chi connectivity index (χ4v) is 2.69. The van der Waals surface area contributed by atoms with Crippen molar-refractivity contribution in [1.29, 1.82) is 0 Å². The lowest BCUT2D eigenvalue weighted by molar-refractivity contribution is 0.0744. The van der Waals surface area contributed by atoms with Crippen LogP contribution in [-0.4, -0.2) is 34.0 Å². The maximum absolute atomic E-state index is 13.0. The van der Waals surface area contributed by atoms with Crippen molar-refractivity contribution in [2.45, 2.75) is 13.5 Å². The van der Waals surface area contributed by atoms with E-state index in [-0.39, 0.29) is 5.91 Å². The van der Waals surface area contributed by atoms with Gasteiger partial charge in [0.25, 0.3) is 5.91 Å². The molecule has 0 bridgehead atoms. The molecule has 25 heavy (non-hydrogen) atoms. The molecule has 0 N–H and O–H groups in total. The normalized spacial score (nSPS) is 10.5. The molecule has 0 aliphatic carbocycles. The Hall–Kier alpha value is -3.08. The molecular weight excluding hydrogens is 314 g/mol. The van der Waals surface area contributed by atoms with Crippen molar-refractivity contribution in [1.82, 2.24) is 14.5 Å². The SMILES string of the molecule is CCN(Cc1ccc(OC)cc1)C(=O)c1cncn1-c1ccccc1. The summed E-state index contributed by atoms with van der Waals surface area (Å²) in [4.78, 5) is 19.0. The van der Waals surface area contributed by atoms with Crippen LogP contribution in [0.5, 0.6) is 5.75 Å². The van der Waals surface area contributed by atoms with E-state index in [1.165, 1.54) is 0 Å². The number of hydrogen-bond acceptors (Lipinski definition) is 3. The molecule has 0 fully saturated rings. The molecule has 2 aromatic carbocycles. The van der Waals surface area contributed by atoms with E-state index in [0.717, 1.165) is 17.0 Å². The number of benzene rings is 2. The van der Waals surface area contributed by atoms with Crippen LogP contribution >= 0.6 is 0 Å². The number of carbonyl (C=O) groups excluding carboxylic acids is 1. The first-order valence-corrected chi connectivity index (χ1v) is 8.23. The topological polar surface area (TPSA) is 47.4 Å². The number of para-hydroxylation sites is 1. The molecule has 5 nitrogen and oxygen atoms in total. The summed E-state index contributed by atoms with van der Waals surface area (Å²) in [5.74, 6) is 0.764. The van der Waals surface area contributed by atoms with Crippen molar-refractivity contribution in [3.63, 3.8) is 0 Å². The highest BCUT2D eigenvalue weighted by atomic mass is 16.5. The van der Waals surface area contributed by atoms with Gasteiger partial charge in [-0.3, -0.25) is 9.36 Å². The van der Waals surface area contributed by atoms with Crippen molar-refractivity contribution in [2.75, 3.05) is 13.7 Å². The Balaban J connectivity index is 1.82. The third-order valence-corrected chi connectivity index (χ3v) is 4.09. The van der Waals surface area contributed by atoms with Crippen molar-refractivity contribution in [3.8, 4) is 11.4 Å². The van der Waals surface area contributed by atoms with Crippen LogP contribution in [0.3, 0.4) is 0 Å². The van der Waals surface area contributed by atoms with Crippen LogP contribution in [0.1, 0.15) is 23.0 Å². The van der Waals surface area contributed by atoms with E-state index < -0.39 is 0 Å². The van der Waals surface area contributed by atoms with E-state index in [0.29, 0.717) is 18.8 Å². The molecule has 128 valence electrons. The molecular formula is C20H21N3O2. The first-order chi connectivity index (χ1) is 12.2. The zero-order chi connectivity index (χ0) is 17.6. The molecule has 0 spiro atoms. The van der Waals surface area contributed by atoms with Gasteiger partial charge in [0.1, 0.15) is 11.4 Å². The van der Waals surface area contributed by atoms with Crippen molar-refractivity contribution in [2.24, 2.45) is 0 Å². The molecule has 0 aliphatic heterocycles. The molecule has 0 atom stereocenters. The fourth-order valence-electron chi connectivity index (χ4n) is 2.69. The highest BCUT2D eigenvalue weighted by Gasteiger charge is 2.19. The maximum Gasteiger partial charge on any atom is 0.272 e. The van der Waals surface area contributed by atoms with Gasteiger partial charge in [0.2, 0.25) is 0 Å². The van der Waals surface area contributed by atoms with Crippen LogP contribution in [0.25, 0.3) is 5.69 Å². The molecule has 1 amide bonds. The maximum atomic E-state index is 13.0. The number of aromatic nitrogens is 2. The van der Waals surface area contributed by atoms with Gasteiger partial charge in [-0.05, 0) is 36.8 Å².